The quantitative estimate of drug-likeness (QED) is 0.613. The standard InChI is InChI=1S/C15H22N2O3/c1-12-5-7-16(8-6-12)9-10-20-15-4-3-13(2)11-14(15)17(18)19/h3-4,11-12H,5-10H2,1-2H3. The smallest absolute Gasteiger partial charge is 0.311 e. The van der Waals surface area contributed by atoms with E-state index in [-0.39, 0.29) is 10.6 Å². The minimum Gasteiger partial charge on any atom is -0.485 e. The SMILES string of the molecule is Cc1ccc(OCCN2CCC(C)CC2)c([N+](=O)[O-])c1. The Morgan fingerprint density at radius 2 is 2.10 bits per heavy atom. The largest absolute Gasteiger partial charge is 0.485 e. The molecule has 0 atom stereocenters. The van der Waals surface area contributed by atoms with Gasteiger partial charge in [0.25, 0.3) is 0 Å². The van der Waals surface area contributed by atoms with E-state index in [1.165, 1.54) is 12.8 Å². The third-order valence-corrected chi connectivity index (χ3v) is 3.85. The zero-order valence-electron chi connectivity index (χ0n) is 12.2. The number of nitro benzene ring substituents is 1. The summed E-state index contributed by atoms with van der Waals surface area (Å²) in [6, 6.07) is 5.08. The van der Waals surface area contributed by atoms with Crippen molar-refractivity contribution >= 4 is 5.69 Å². The summed E-state index contributed by atoms with van der Waals surface area (Å²) >= 11 is 0. The number of nitro groups is 1. The number of ether oxygens (including phenoxy) is 1. The lowest BCUT2D eigenvalue weighted by atomic mass is 9.99. The molecule has 1 aromatic rings. The Labute approximate surface area is 119 Å². The minimum atomic E-state index is -0.384. The molecule has 0 bridgehead atoms. The third-order valence-electron chi connectivity index (χ3n) is 3.85. The summed E-state index contributed by atoms with van der Waals surface area (Å²) < 4.78 is 5.60. The highest BCUT2D eigenvalue weighted by atomic mass is 16.6. The monoisotopic (exact) mass is 278 g/mol. The van der Waals surface area contributed by atoms with Crippen LogP contribution in [0.5, 0.6) is 5.75 Å². The van der Waals surface area contributed by atoms with Gasteiger partial charge in [0.15, 0.2) is 5.75 Å². The maximum atomic E-state index is 11.0. The molecule has 1 aromatic carbocycles. The van der Waals surface area contributed by atoms with E-state index in [2.05, 4.69) is 11.8 Å². The predicted octanol–water partition coefficient (Wildman–Crippen LogP) is 3.01. The highest BCUT2D eigenvalue weighted by Crippen LogP contribution is 2.27. The molecule has 5 heteroatoms. The summed E-state index contributed by atoms with van der Waals surface area (Å²) in [5, 5.41) is 11.0. The molecule has 1 fully saturated rings. The van der Waals surface area contributed by atoms with Gasteiger partial charge >= 0.3 is 5.69 Å². The summed E-state index contributed by atoms with van der Waals surface area (Å²) in [6.07, 6.45) is 2.45. The Morgan fingerprint density at radius 1 is 1.40 bits per heavy atom. The molecule has 110 valence electrons. The fourth-order valence-electron chi connectivity index (χ4n) is 2.46. The second-order valence-corrected chi connectivity index (χ2v) is 5.60. The van der Waals surface area contributed by atoms with Gasteiger partial charge in [0, 0.05) is 12.6 Å². The highest BCUT2D eigenvalue weighted by molar-refractivity contribution is 5.48. The van der Waals surface area contributed by atoms with E-state index in [1.54, 1.807) is 12.1 Å². The second kappa shape index (κ2) is 6.70. The normalized spacial score (nSPS) is 17.1. The Morgan fingerprint density at radius 3 is 2.75 bits per heavy atom. The molecular weight excluding hydrogens is 256 g/mol. The molecule has 5 nitrogen and oxygen atoms in total. The van der Waals surface area contributed by atoms with Crippen molar-refractivity contribution in [3.63, 3.8) is 0 Å². The average Bonchev–Trinajstić information content (AvgIpc) is 2.42. The summed E-state index contributed by atoms with van der Waals surface area (Å²) in [6.45, 7) is 7.65. The van der Waals surface area contributed by atoms with Gasteiger partial charge < -0.3 is 4.74 Å². The molecule has 0 unspecified atom stereocenters. The van der Waals surface area contributed by atoms with E-state index in [0.29, 0.717) is 12.4 Å². The van der Waals surface area contributed by atoms with Crippen molar-refractivity contribution in [2.75, 3.05) is 26.2 Å². The van der Waals surface area contributed by atoms with Gasteiger partial charge in [-0.2, -0.15) is 0 Å². The molecule has 20 heavy (non-hydrogen) atoms. The summed E-state index contributed by atoms with van der Waals surface area (Å²) in [5.74, 6) is 1.18. The first-order chi connectivity index (χ1) is 9.56. The lowest BCUT2D eigenvalue weighted by Gasteiger charge is -2.29. The van der Waals surface area contributed by atoms with Crippen LogP contribution in [0, 0.1) is 23.0 Å². The zero-order valence-corrected chi connectivity index (χ0v) is 12.2. The Balaban J connectivity index is 1.86. The molecule has 0 aromatic heterocycles. The van der Waals surface area contributed by atoms with Crippen LogP contribution in [-0.2, 0) is 0 Å². The van der Waals surface area contributed by atoms with E-state index in [0.717, 1.165) is 31.1 Å². The van der Waals surface area contributed by atoms with Gasteiger partial charge in [0.2, 0.25) is 0 Å². The van der Waals surface area contributed by atoms with Crippen LogP contribution in [0.15, 0.2) is 18.2 Å². The molecule has 0 aliphatic carbocycles. The van der Waals surface area contributed by atoms with Crippen molar-refractivity contribution in [1.29, 1.82) is 0 Å². The van der Waals surface area contributed by atoms with Crippen molar-refractivity contribution in [3.05, 3.63) is 33.9 Å². The summed E-state index contributed by atoms with van der Waals surface area (Å²) in [5.41, 5.74) is 0.923. The first-order valence-electron chi connectivity index (χ1n) is 7.16. The first-order valence-corrected chi connectivity index (χ1v) is 7.16. The second-order valence-electron chi connectivity index (χ2n) is 5.60. The van der Waals surface area contributed by atoms with Crippen molar-refractivity contribution in [1.82, 2.24) is 4.90 Å². The van der Waals surface area contributed by atoms with Crippen LogP contribution in [0.25, 0.3) is 0 Å². The molecular formula is C15H22N2O3. The first kappa shape index (κ1) is 14.8. The van der Waals surface area contributed by atoms with Gasteiger partial charge in [-0.1, -0.05) is 13.0 Å². The number of hydrogen-bond donors (Lipinski definition) is 0. The Hall–Kier alpha value is -1.62. The molecule has 0 spiro atoms. The number of piperidine rings is 1. The maximum Gasteiger partial charge on any atom is 0.311 e. The van der Waals surface area contributed by atoms with Gasteiger partial charge in [0.1, 0.15) is 6.61 Å². The maximum absolute atomic E-state index is 11.0. The molecule has 1 aliphatic rings. The van der Waals surface area contributed by atoms with Gasteiger partial charge in [0.05, 0.1) is 4.92 Å². The fraction of sp³-hybridized carbons (Fsp3) is 0.600. The predicted molar refractivity (Wildman–Crippen MR) is 78.2 cm³/mol. The lowest BCUT2D eigenvalue weighted by Crippen LogP contribution is -2.35. The molecule has 2 rings (SSSR count). The molecule has 0 amide bonds. The van der Waals surface area contributed by atoms with Gasteiger partial charge in [-0.25, -0.2) is 0 Å². The van der Waals surface area contributed by atoms with Crippen LogP contribution in [0.2, 0.25) is 0 Å². The molecule has 0 radical (unpaired) electrons. The van der Waals surface area contributed by atoms with Crippen LogP contribution in [-0.4, -0.2) is 36.1 Å². The van der Waals surface area contributed by atoms with Gasteiger partial charge in [-0.05, 0) is 50.4 Å². The van der Waals surface area contributed by atoms with Crippen molar-refractivity contribution in [3.8, 4) is 5.75 Å². The third kappa shape index (κ3) is 3.93. The van der Waals surface area contributed by atoms with Crippen molar-refractivity contribution in [2.24, 2.45) is 5.92 Å². The van der Waals surface area contributed by atoms with Gasteiger partial charge in [-0.15, -0.1) is 0 Å². The number of rotatable bonds is 5. The molecule has 0 N–H and O–H groups in total. The van der Waals surface area contributed by atoms with Crippen LogP contribution in [0.1, 0.15) is 25.3 Å². The van der Waals surface area contributed by atoms with Crippen LogP contribution in [0.3, 0.4) is 0 Å². The highest BCUT2D eigenvalue weighted by Gasteiger charge is 2.17. The number of aryl methyl sites for hydroxylation is 1. The molecule has 1 heterocycles. The van der Waals surface area contributed by atoms with E-state index < -0.39 is 0 Å². The van der Waals surface area contributed by atoms with Crippen molar-refractivity contribution in [2.45, 2.75) is 26.7 Å². The number of nitrogens with zero attached hydrogens (tertiary/aromatic N) is 2. The Kier molecular flexibility index (Phi) is 4.95. The van der Waals surface area contributed by atoms with E-state index in [1.807, 2.05) is 13.0 Å². The molecule has 1 saturated heterocycles. The average molecular weight is 278 g/mol. The van der Waals surface area contributed by atoms with Crippen LogP contribution < -0.4 is 4.74 Å². The van der Waals surface area contributed by atoms with E-state index >= 15 is 0 Å². The Bertz CT molecular complexity index is 468. The summed E-state index contributed by atoms with van der Waals surface area (Å²) in [4.78, 5) is 13.0. The number of hydrogen-bond acceptors (Lipinski definition) is 4. The minimum absolute atomic E-state index is 0.0530. The van der Waals surface area contributed by atoms with Crippen LogP contribution in [0.4, 0.5) is 5.69 Å². The molecule has 1 aliphatic heterocycles. The fourth-order valence-corrected chi connectivity index (χ4v) is 2.46. The topological polar surface area (TPSA) is 55.6 Å². The van der Waals surface area contributed by atoms with Crippen LogP contribution >= 0.6 is 0 Å². The lowest BCUT2D eigenvalue weighted by molar-refractivity contribution is -0.385. The van der Waals surface area contributed by atoms with Gasteiger partial charge in [-0.3, -0.25) is 15.0 Å². The number of likely N-dealkylation sites (tertiary alicyclic amines) is 1. The van der Waals surface area contributed by atoms with E-state index in [4.69, 9.17) is 4.74 Å². The van der Waals surface area contributed by atoms with Crippen molar-refractivity contribution < 1.29 is 9.66 Å². The van der Waals surface area contributed by atoms with E-state index in [9.17, 15) is 10.1 Å². The summed E-state index contributed by atoms with van der Waals surface area (Å²) in [7, 11) is 0. The number of benzene rings is 1. The zero-order chi connectivity index (χ0) is 14.5. The molecule has 0 saturated carbocycles.